The summed E-state index contributed by atoms with van der Waals surface area (Å²) in [6, 6.07) is 9.76. The van der Waals surface area contributed by atoms with E-state index in [-0.39, 0.29) is 70.1 Å². The van der Waals surface area contributed by atoms with Crippen LogP contribution >= 0.6 is 46.8 Å². The topological polar surface area (TPSA) is 102 Å². The monoisotopic (exact) mass is 852 g/mol. The Hall–Kier alpha value is -1.000. The maximum absolute atomic E-state index is 7.36. The molecule has 0 radical (unpaired) electrons. The first-order valence-electron chi connectivity index (χ1n) is 20.6. The van der Waals surface area contributed by atoms with Gasteiger partial charge in [0, 0.05) is 69.2 Å². The second kappa shape index (κ2) is 18.7. The summed E-state index contributed by atoms with van der Waals surface area (Å²) in [6.07, 6.45) is 6.49. The second-order valence-electron chi connectivity index (χ2n) is 17.1. The highest BCUT2D eigenvalue weighted by molar-refractivity contribution is 7.98. The van der Waals surface area contributed by atoms with E-state index < -0.39 is 0 Å². The lowest BCUT2D eigenvalue weighted by molar-refractivity contribution is -0.122. The number of hydrogen-bond donors (Lipinski definition) is 2. The fourth-order valence-corrected chi connectivity index (χ4v) is 13.2. The zero-order chi connectivity index (χ0) is 38.8. The lowest BCUT2D eigenvalue weighted by Gasteiger charge is -2.53. The van der Waals surface area contributed by atoms with Crippen LogP contribution in [0.25, 0.3) is 11.4 Å². The average Bonchev–Trinajstić information content (AvgIpc) is 3.60. The zero-order valence-electron chi connectivity index (χ0n) is 32.9. The number of nitrogens with one attached hydrogen (secondary N) is 2. The normalized spacial score (nSPS) is 40.2. The van der Waals surface area contributed by atoms with Crippen LogP contribution in [0.1, 0.15) is 51.1 Å². The van der Waals surface area contributed by atoms with E-state index in [0.29, 0.717) is 30.9 Å². The molecule has 2 aromatic rings. The second-order valence-corrected chi connectivity index (χ2v) is 19.8. The van der Waals surface area contributed by atoms with Gasteiger partial charge in [-0.1, -0.05) is 31.0 Å². The predicted octanol–water partition coefficient (Wildman–Crippen LogP) is 6.01. The Morgan fingerprint density at radius 1 is 1.02 bits per heavy atom. The van der Waals surface area contributed by atoms with Gasteiger partial charge in [0.2, 0.25) is 0 Å². The highest BCUT2D eigenvalue weighted by Crippen LogP contribution is 2.55. The molecule has 4 bridgehead atoms. The number of rotatable bonds is 7. The van der Waals surface area contributed by atoms with E-state index in [9.17, 15) is 0 Å². The van der Waals surface area contributed by atoms with Gasteiger partial charge in [-0.2, -0.15) is 0 Å². The Kier molecular flexibility index (Phi) is 14.0. The number of aromatic nitrogens is 2. The number of nitrogens with zero attached hydrogens (tertiary/aromatic N) is 4. The van der Waals surface area contributed by atoms with Crippen LogP contribution in [0.2, 0.25) is 0 Å². The fourth-order valence-electron chi connectivity index (χ4n) is 10.3. The molecular weight excluding hydrogens is 795 g/mol. The Morgan fingerprint density at radius 3 is 2.62 bits per heavy atom. The summed E-state index contributed by atoms with van der Waals surface area (Å²) in [7, 11) is 3.85. The van der Waals surface area contributed by atoms with Gasteiger partial charge in [0.25, 0.3) is 0 Å². The molecule has 1 aromatic carbocycles. The number of piperazine rings is 1. The Morgan fingerprint density at radius 2 is 1.82 bits per heavy atom. The molecule has 11 atom stereocenters. The van der Waals surface area contributed by atoms with Gasteiger partial charge >= 0.3 is 0 Å². The molecule has 5 aliphatic heterocycles. The first-order chi connectivity index (χ1) is 27.2. The fraction of sp³-hybridized carbons (Fsp3) is 0.756. The molecule has 9 rings (SSSR count). The van der Waals surface area contributed by atoms with Crippen LogP contribution in [-0.2, 0) is 25.6 Å². The van der Waals surface area contributed by atoms with Gasteiger partial charge < -0.3 is 28.6 Å². The van der Waals surface area contributed by atoms with Crippen molar-refractivity contribution < 1.29 is 23.7 Å². The quantitative estimate of drug-likeness (QED) is 0.194. The zero-order valence-corrected chi connectivity index (χ0v) is 36.0. The lowest BCUT2D eigenvalue weighted by Crippen LogP contribution is -2.60. The van der Waals surface area contributed by atoms with E-state index in [2.05, 4.69) is 38.8 Å². The summed E-state index contributed by atoms with van der Waals surface area (Å²) < 4.78 is 36.7. The van der Waals surface area contributed by atoms with Crippen molar-refractivity contribution in [3.8, 4) is 17.1 Å². The van der Waals surface area contributed by atoms with Crippen molar-refractivity contribution in [1.82, 2.24) is 29.8 Å². The predicted molar refractivity (Wildman–Crippen MR) is 222 cm³/mol. The molecule has 310 valence electrons. The number of para-hydroxylation sites is 1. The van der Waals surface area contributed by atoms with Gasteiger partial charge in [-0.15, -0.1) is 34.8 Å². The molecule has 6 heterocycles. The Labute approximate surface area is 352 Å². The van der Waals surface area contributed by atoms with Crippen molar-refractivity contribution in [2.75, 3.05) is 66.6 Å². The largest absolute Gasteiger partial charge is 0.496 e. The van der Waals surface area contributed by atoms with Crippen molar-refractivity contribution in [2.24, 2.45) is 23.2 Å². The number of piperidine rings is 1. The minimum atomic E-state index is -0.283. The van der Waals surface area contributed by atoms with Crippen molar-refractivity contribution >= 4 is 46.8 Å². The number of benzene rings is 1. The first-order valence-corrected chi connectivity index (χ1v) is 22.8. The summed E-state index contributed by atoms with van der Waals surface area (Å²) in [5.74, 6) is 1.95. The van der Waals surface area contributed by atoms with E-state index in [1.54, 1.807) is 25.3 Å². The molecule has 7 aliphatic rings. The molecule has 10 unspecified atom stereocenters. The molecule has 11 nitrogen and oxygen atoms in total. The van der Waals surface area contributed by atoms with Gasteiger partial charge in [0.15, 0.2) is 5.82 Å². The third-order valence-corrected chi connectivity index (χ3v) is 15.7. The van der Waals surface area contributed by atoms with E-state index in [0.717, 1.165) is 94.8 Å². The molecule has 0 amide bonds. The standard InChI is InChI=1S/C41H59Cl3N6O5S/c1-41-19-30(42)37(31(43)20-41)55-28(22-50-15-13-49(2)14-16-50)24-53-27-8-9-32(54-23-26-10-12-45-39(47-26)29-6-4-5-7-33(29)51-3)25(18-27)11-17-52-40-35-34(56-48-40)21-46-38(44)36(35)41/h4-7,10,12,25,27-28,30-32,34-38,40,46,48H,8-9,11,13-24H2,1-3H3/t25?,27?,28-,30?,31?,32?,34?,35?,36?,37?,38?,40?,41?/m1/s1. The molecule has 2 saturated carbocycles. The number of hydrogen-bond acceptors (Lipinski definition) is 12. The van der Waals surface area contributed by atoms with E-state index >= 15 is 0 Å². The smallest absolute Gasteiger partial charge is 0.163 e. The molecule has 1 aromatic heterocycles. The lowest BCUT2D eigenvalue weighted by atomic mass is 9.60. The maximum atomic E-state index is 7.36. The summed E-state index contributed by atoms with van der Waals surface area (Å²) in [5, 5.41) is 3.46. The van der Waals surface area contributed by atoms with Gasteiger partial charge in [-0.3, -0.25) is 10.2 Å². The third kappa shape index (κ3) is 9.47. The van der Waals surface area contributed by atoms with Gasteiger partial charge in [-0.05, 0) is 75.1 Å². The number of fused-ring (bicyclic) bond motifs is 7. The maximum Gasteiger partial charge on any atom is 0.163 e. The molecule has 5 saturated heterocycles. The summed E-state index contributed by atoms with van der Waals surface area (Å²) in [6.45, 7) is 9.57. The van der Waals surface area contributed by atoms with Crippen LogP contribution in [-0.4, -0.2) is 139 Å². The highest BCUT2D eigenvalue weighted by Gasteiger charge is 2.58. The van der Waals surface area contributed by atoms with Gasteiger partial charge in [0.1, 0.15) is 12.0 Å². The van der Waals surface area contributed by atoms with E-state index in [1.807, 2.05) is 30.3 Å². The molecular formula is C41H59Cl3N6O5S. The highest BCUT2D eigenvalue weighted by atomic mass is 35.5. The molecule has 15 heteroatoms. The third-order valence-electron chi connectivity index (χ3n) is 13.3. The SMILES string of the molecule is COc1ccccc1-c1nccc(COC2CCC3CC2CCOC2NSC4CNC(Cl)C(C24)C2(C)CC(Cl)C(O[C@H](CN4CCN(C)CC4)CO3)C(Cl)C2)n1. The summed E-state index contributed by atoms with van der Waals surface area (Å²) >= 11 is 23.7. The number of likely N-dealkylation sites (N-methyl/N-ethyl adjacent to an activating group) is 1. The molecule has 2 N–H and O–H groups in total. The van der Waals surface area contributed by atoms with Crippen molar-refractivity contribution in [3.63, 3.8) is 0 Å². The van der Waals surface area contributed by atoms with E-state index in [4.69, 9.17) is 63.5 Å². The van der Waals surface area contributed by atoms with Crippen LogP contribution in [0.3, 0.4) is 0 Å². The molecule has 0 spiro atoms. The Bertz CT molecular complexity index is 1590. The number of alkyl halides is 3. The molecule has 7 fully saturated rings. The van der Waals surface area contributed by atoms with Crippen LogP contribution in [0, 0.1) is 23.2 Å². The van der Waals surface area contributed by atoms with Crippen LogP contribution < -0.4 is 14.8 Å². The minimum Gasteiger partial charge on any atom is -0.496 e. The molecule has 2 aliphatic carbocycles. The summed E-state index contributed by atoms with van der Waals surface area (Å²) in [5.41, 5.74) is 1.29. The molecule has 56 heavy (non-hydrogen) atoms. The minimum absolute atomic E-state index is 0.0453. The number of ether oxygens (including phenoxy) is 5. The van der Waals surface area contributed by atoms with Crippen molar-refractivity contribution in [3.05, 3.63) is 42.2 Å². The Balaban J connectivity index is 1.02. The van der Waals surface area contributed by atoms with E-state index in [1.165, 1.54) is 0 Å². The van der Waals surface area contributed by atoms with Crippen molar-refractivity contribution in [1.29, 1.82) is 0 Å². The van der Waals surface area contributed by atoms with Crippen molar-refractivity contribution in [2.45, 2.75) is 104 Å². The summed E-state index contributed by atoms with van der Waals surface area (Å²) in [4.78, 5) is 14.3. The van der Waals surface area contributed by atoms with Crippen LogP contribution in [0.5, 0.6) is 5.75 Å². The van der Waals surface area contributed by atoms with Crippen LogP contribution in [0.4, 0.5) is 0 Å². The van der Waals surface area contributed by atoms with Gasteiger partial charge in [0.05, 0.1) is 72.3 Å². The number of halogens is 3. The van der Waals surface area contributed by atoms with Crippen LogP contribution in [0.15, 0.2) is 36.5 Å². The van der Waals surface area contributed by atoms with Gasteiger partial charge in [-0.25, -0.2) is 14.7 Å². The first kappa shape index (κ1) is 41.7. The number of methoxy groups -OCH3 is 1. The average molecular weight is 854 g/mol.